The highest BCUT2D eigenvalue weighted by Crippen LogP contribution is 2.26. The summed E-state index contributed by atoms with van der Waals surface area (Å²) in [7, 11) is 0. The lowest BCUT2D eigenvalue weighted by Gasteiger charge is -2.14. The van der Waals surface area contributed by atoms with Crippen molar-refractivity contribution in [2.75, 3.05) is 13.2 Å². The van der Waals surface area contributed by atoms with Crippen molar-refractivity contribution < 1.29 is 19.1 Å². The Labute approximate surface area is 196 Å². The lowest BCUT2D eigenvalue weighted by Crippen LogP contribution is -2.48. The minimum Gasteiger partial charge on any atom is -0.493 e. The van der Waals surface area contributed by atoms with E-state index in [9.17, 15) is 9.59 Å². The number of para-hydroxylation sites is 1. The molecular weight excluding hydrogens is 482 g/mol. The van der Waals surface area contributed by atoms with Crippen molar-refractivity contribution in [3.63, 3.8) is 0 Å². The molecule has 3 N–H and O–H groups in total. The molecule has 2 rings (SSSR count). The zero-order chi connectivity index (χ0) is 22.6. The van der Waals surface area contributed by atoms with Gasteiger partial charge in [0, 0.05) is 5.56 Å². The van der Waals surface area contributed by atoms with Gasteiger partial charge in [-0.1, -0.05) is 32.4 Å². The van der Waals surface area contributed by atoms with E-state index in [1.807, 2.05) is 6.92 Å². The van der Waals surface area contributed by atoms with Crippen LogP contribution in [0.4, 0.5) is 0 Å². The molecule has 2 aromatic carbocycles. The Bertz CT molecular complexity index is 923. The number of ether oxygens (including phenoxy) is 2. The van der Waals surface area contributed by atoms with E-state index in [1.54, 1.807) is 42.5 Å². The largest absolute Gasteiger partial charge is 0.493 e. The molecule has 0 aliphatic heterocycles. The van der Waals surface area contributed by atoms with Gasteiger partial charge in [0.2, 0.25) is 0 Å². The van der Waals surface area contributed by atoms with Gasteiger partial charge in [-0.2, -0.15) is 0 Å². The van der Waals surface area contributed by atoms with Crippen LogP contribution in [0.1, 0.15) is 53.8 Å². The van der Waals surface area contributed by atoms with E-state index in [0.29, 0.717) is 40.3 Å². The number of carbonyl (C=O) groups is 2. The van der Waals surface area contributed by atoms with Gasteiger partial charge >= 0.3 is 0 Å². The van der Waals surface area contributed by atoms with Gasteiger partial charge in [-0.25, -0.2) is 0 Å². The lowest BCUT2D eigenvalue weighted by molar-refractivity contribution is 0.0931. The first-order valence-electron chi connectivity index (χ1n) is 10.0. The predicted molar refractivity (Wildman–Crippen MR) is 127 cm³/mol. The molecule has 0 aliphatic rings. The van der Waals surface area contributed by atoms with Crippen LogP contribution >= 0.6 is 28.1 Å². The topological polar surface area (TPSA) is 88.7 Å². The quantitative estimate of drug-likeness (QED) is 0.265. The molecule has 0 saturated carbocycles. The van der Waals surface area contributed by atoms with E-state index < -0.39 is 11.8 Å². The average molecular weight is 508 g/mol. The molecule has 0 radical (unpaired) electrons. The molecule has 7 nitrogen and oxygen atoms in total. The Morgan fingerprint density at radius 3 is 2.39 bits per heavy atom. The second-order valence-electron chi connectivity index (χ2n) is 6.55. The van der Waals surface area contributed by atoms with Crippen molar-refractivity contribution in [3.8, 4) is 11.5 Å². The second-order valence-corrected chi connectivity index (χ2v) is 7.82. The first-order valence-corrected chi connectivity index (χ1v) is 11.2. The van der Waals surface area contributed by atoms with Crippen LogP contribution in [0.25, 0.3) is 0 Å². The number of hydrogen-bond donors (Lipinski definition) is 3. The maximum absolute atomic E-state index is 12.4. The minimum atomic E-state index is -0.431. The zero-order valence-corrected chi connectivity index (χ0v) is 19.9. The highest BCUT2D eigenvalue weighted by atomic mass is 79.9. The summed E-state index contributed by atoms with van der Waals surface area (Å²) in [5, 5.41) is 2.49. The molecule has 0 bridgehead atoms. The predicted octanol–water partition coefficient (Wildman–Crippen LogP) is 4.37. The van der Waals surface area contributed by atoms with Gasteiger partial charge < -0.3 is 9.47 Å². The Morgan fingerprint density at radius 1 is 0.935 bits per heavy atom. The molecule has 0 aliphatic carbocycles. The summed E-state index contributed by atoms with van der Waals surface area (Å²) < 4.78 is 11.9. The van der Waals surface area contributed by atoms with Crippen LogP contribution in [0.3, 0.4) is 0 Å². The molecule has 0 saturated heterocycles. The van der Waals surface area contributed by atoms with Gasteiger partial charge in [0.15, 0.2) is 5.11 Å². The SMILES string of the molecule is CCCCOc1ccc(C(=O)NC(=S)NNC(=O)c2ccccc2OCCC)cc1Br. The fourth-order valence-corrected chi connectivity index (χ4v) is 3.10. The van der Waals surface area contributed by atoms with Crippen molar-refractivity contribution in [1.29, 1.82) is 0 Å². The average Bonchev–Trinajstić information content (AvgIpc) is 2.77. The van der Waals surface area contributed by atoms with E-state index in [2.05, 4.69) is 39.0 Å². The smallest absolute Gasteiger partial charge is 0.273 e. The number of hydrazine groups is 1. The maximum atomic E-state index is 12.4. The molecule has 0 atom stereocenters. The number of hydrogen-bond acceptors (Lipinski definition) is 5. The molecule has 0 fully saturated rings. The number of thiocarbonyl (C=S) groups is 1. The fraction of sp³-hybridized carbons (Fsp3) is 0.318. The number of carbonyl (C=O) groups excluding carboxylic acids is 2. The van der Waals surface area contributed by atoms with Gasteiger partial charge in [-0.05, 0) is 71.3 Å². The normalized spacial score (nSPS) is 10.2. The van der Waals surface area contributed by atoms with Gasteiger partial charge in [0.1, 0.15) is 11.5 Å². The number of amides is 2. The van der Waals surface area contributed by atoms with Crippen molar-refractivity contribution in [2.45, 2.75) is 33.1 Å². The molecule has 0 unspecified atom stereocenters. The lowest BCUT2D eigenvalue weighted by atomic mass is 10.2. The van der Waals surface area contributed by atoms with E-state index in [-0.39, 0.29) is 5.11 Å². The molecule has 2 amide bonds. The molecule has 0 aromatic heterocycles. The van der Waals surface area contributed by atoms with E-state index >= 15 is 0 Å². The second kappa shape index (κ2) is 12.9. The fourth-order valence-electron chi connectivity index (χ4n) is 2.47. The van der Waals surface area contributed by atoms with Gasteiger partial charge in [-0.15, -0.1) is 0 Å². The Hall–Kier alpha value is -2.65. The van der Waals surface area contributed by atoms with Crippen LogP contribution in [0.15, 0.2) is 46.9 Å². The van der Waals surface area contributed by atoms with Gasteiger partial charge in [-0.3, -0.25) is 25.8 Å². The Balaban J connectivity index is 1.89. The molecule has 2 aromatic rings. The number of nitrogens with one attached hydrogen (secondary N) is 3. The monoisotopic (exact) mass is 507 g/mol. The molecule has 166 valence electrons. The third kappa shape index (κ3) is 7.84. The van der Waals surface area contributed by atoms with E-state index in [0.717, 1.165) is 19.3 Å². The summed E-state index contributed by atoms with van der Waals surface area (Å²) in [4.78, 5) is 24.9. The zero-order valence-electron chi connectivity index (χ0n) is 17.5. The number of benzene rings is 2. The van der Waals surface area contributed by atoms with Crippen molar-refractivity contribution in [3.05, 3.63) is 58.1 Å². The first-order chi connectivity index (χ1) is 15.0. The Morgan fingerprint density at radius 2 is 1.68 bits per heavy atom. The summed E-state index contributed by atoms with van der Waals surface area (Å²) in [6, 6.07) is 11.9. The first kappa shape index (κ1) is 24.6. The van der Waals surface area contributed by atoms with Crippen molar-refractivity contribution in [1.82, 2.24) is 16.2 Å². The molecule has 31 heavy (non-hydrogen) atoms. The van der Waals surface area contributed by atoms with Crippen LogP contribution in [-0.4, -0.2) is 30.1 Å². The van der Waals surface area contributed by atoms with Crippen LogP contribution in [0.2, 0.25) is 0 Å². The van der Waals surface area contributed by atoms with Crippen LogP contribution in [-0.2, 0) is 0 Å². The summed E-state index contributed by atoms with van der Waals surface area (Å²) >= 11 is 8.52. The Kier molecular flexibility index (Phi) is 10.3. The van der Waals surface area contributed by atoms with Crippen LogP contribution in [0, 0.1) is 0 Å². The van der Waals surface area contributed by atoms with E-state index in [1.165, 1.54) is 0 Å². The van der Waals surface area contributed by atoms with Gasteiger partial charge in [0.25, 0.3) is 11.8 Å². The van der Waals surface area contributed by atoms with Crippen LogP contribution < -0.4 is 25.6 Å². The van der Waals surface area contributed by atoms with Crippen molar-refractivity contribution >= 4 is 45.1 Å². The number of unbranched alkanes of at least 4 members (excludes halogenated alkanes) is 1. The molecule has 9 heteroatoms. The molecule has 0 spiro atoms. The number of rotatable bonds is 9. The summed E-state index contributed by atoms with van der Waals surface area (Å²) in [5.74, 6) is 0.297. The molecule has 0 heterocycles. The summed E-state index contributed by atoms with van der Waals surface area (Å²) in [5.41, 5.74) is 5.75. The van der Waals surface area contributed by atoms with E-state index in [4.69, 9.17) is 21.7 Å². The summed E-state index contributed by atoms with van der Waals surface area (Å²) in [6.45, 7) is 5.19. The molecular formula is C22H26BrN3O4S. The third-order valence-electron chi connectivity index (χ3n) is 4.06. The van der Waals surface area contributed by atoms with Crippen molar-refractivity contribution in [2.24, 2.45) is 0 Å². The van der Waals surface area contributed by atoms with Crippen LogP contribution in [0.5, 0.6) is 11.5 Å². The highest BCUT2D eigenvalue weighted by Gasteiger charge is 2.14. The number of halogens is 1. The highest BCUT2D eigenvalue weighted by molar-refractivity contribution is 9.10. The maximum Gasteiger partial charge on any atom is 0.273 e. The standard InChI is InChI=1S/C22H26BrN3O4S/c1-3-5-13-30-19-11-10-15(14-17(19)23)20(27)24-22(31)26-25-21(28)16-8-6-7-9-18(16)29-12-4-2/h6-11,14H,3-5,12-13H2,1-2H3,(H,25,28)(H2,24,26,27,31). The third-order valence-corrected chi connectivity index (χ3v) is 4.88. The minimum absolute atomic E-state index is 0.0373. The van der Waals surface area contributed by atoms with Gasteiger partial charge in [0.05, 0.1) is 23.2 Å². The summed E-state index contributed by atoms with van der Waals surface area (Å²) in [6.07, 6.45) is 2.82.